The van der Waals surface area contributed by atoms with Crippen LogP contribution in [0.5, 0.6) is 0 Å². The standard InChI is InChI=1S/C22H17N5O3/c1-15-6-2-5-9-20(15)26-21(28)18-7-3-4-8-19(18)24-22(26)25-23-14-16-10-12-17(13-11-16)27(29)30/h2-14H,1H3,(H,24,25)/b23-14+. The van der Waals surface area contributed by atoms with Crippen LogP contribution in [0.15, 0.2) is 82.7 Å². The van der Waals surface area contributed by atoms with Gasteiger partial charge >= 0.3 is 0 Å². The zero-order valence-electron chi connectivity index (χ0n) is 16.0. The Morgan fingerprint density at radius 3 is 2.47 bits per heavy atom. The van der Waals surface area contributed by atoms with Crippen molar-refractivity contribution in [2.75, 3.05) is 5.43 Å². The number of benzene rings is 3. The molecule has 4 rings (SSSR count). The second-order valence-corrected chi connectivity index (χ2v) is 6.60. The van der Waals surface area contributed by atoms with E-state index in [2.05, 4.69) is 15.5 Å². The number of non-ortho nitro benzene ring substituents is 1. The molecule has 1 aromatic heterocycles. The van der Waals surface area contributed by atoms with Gasteiger partial charge in [0.1, 0.15) is 0 Å². The molecule has 0 aliphatic heterocycles. The van der Waals surface area contributed by atoms with E-state index in [0.29, 0.717) is 22.2 Å². The van der Waals surface area contributed by atoms with Crippen molar-refractivity contribution in [3.63, 3.8) is 0 Å². The summed E-state index contributed by atoms with van der Waals surface area (Å²) < 4.78 is 1.49. The van der Waals surface area contributed by atoms with Gasteiger partial charge in [0.05, 0.1) is 27.7 Å². The Balaban J connectivity index is 1.76. The molecule has 0 saturated heterocycles. The van der Waals surface area contributed by atoms with Gasteiger partial charge in [-0.15, -0.1) is 0 Å². The highest BCUT2D eigenvalue weighted by Gasteiger charge is 2.13. The van der Waals surface area contributed by atoms with Crippen molar-refractivity contribution in [1.29, 1.82) is 0 Å². The van der Waals surface area contributed by atoms with Crippen LogP contribution in [0.3, 0.4) is 0 Å². The topological polar surface area (TPSA) is 102 Å². The quantitative estimate of drug-likeness (QED) is 0.310. The molecule has 0 aliphatic carbocycles. The predicted octanol–water partition coefficient (Wildman–Crippen LogP) is 4.05. The fourth-order valence-electron chi connectivity index (χ4n) is 3.09. The third-order valence-corrected chi connectivity index (χ3v) is 4.61. The van der Waals surface area contributed by atoms with E-state index in [9.17, 15) is 14.9 Å². The number of nitro groups is 1. The van der Waals surface area contributed by atoms with Gasteiger partial charge in [0.2, 0.25) is 5.95 Å². The van der Waals surface area contributed by atoms with Crippen LogP contribution in [0.1, 0.15) is 11.1 Å². The van der Waals surface area contributed by atoms with Crippen LogP contribution in [-0.2, 0) is 0 Å². The van der Waals surface area contributed by atoms with Crippen LogP contribution in [0.2, 0.25) is 0 Å². The van der Waals surface area contributed by atoms with E-state index in [-0.39, 0.29) is 17.2 Å². The number of hydrogen-bond acceptors (Lipinski definition) is 6. The van der Waals surface area contributed by atoms with Gasteiger partial charge in [-0.3, -0.25) is 14.9 Å². The first-order valence-corrected chi connectivity index (χ1v) is 9.16. The molecule has 0 fully saturated rings. The molecule has 8 nitrogen and oxygen atoms in total. The molecule has 4 aromatic rings. The summed E-state index contributed by atoms with van der Waals surface area (Å²) >= 11 is 0. The zero-order valence-corrected chi connectivity index (χ0v) is 16.0. The largest absolute Gasteiger partial charge is 0.269 e. The van der Waals surface area contributed by atoms with Crippen molar-refractivity contribution in [2.24, 2.45) is 5.10 Å². The SMILES string of the molecule is Cc1ccccc1-n1c(N/N=C/c2ccc([N+](=O)[O-])cc2)nc2ccccc2c1=O. The highest BCUT2D eigenvalue weighted by Crippen LogP contribution is 2.19. The van der Waals surface area contributed by atoms with Crippen molar-refractivity contribution in [1.82, 2.24) is 9.55 Å². The number of nitrogens with zero attached hydrogens (tertiary/aromatic N) is 4. The van der Waals surface area contributed by atoms with Crippen molar-refractivity contribution < 1.29 is 4.92 Å². The minimum Gasteiger partial charge on any atom is -0.268 e. The average molecular weight is 399 g/mol. The van der Waals surface area contributed by atoms with Crippen LogP contribution in [0, 0.1) is 17.0 Å². The van der Waals surface area contributed by atoms with Gasteiger partial charge in [-0.2, -0.15) is 5.10 Å². The third-order valence-electron chi connectivity index (χ3n) is 4.61. The number of para-hydroxylation sites is 2. The Morgan fingerprint density at radius 2 is 1.73 bits per heavy atom. The van der Waals surface area contributed by atoms with Gasteiger partial charge < -0.3 is 0 Å². The lowest BCUT2D eigenvalue weighted by Gasteiger charge is -2.14. The Morgan fingerprint density at radius 1 is 1.03 bits per heavy atom. The molecule has 148 valence electrons. The average Bonchev–Trinajstić information content (AvgIpc) is 2.75. The monoisotopic (exact) mass is 399 g/mol. The first-order chi connectivity index (χ1) is 14.5. The number of nitrogens with one attached hydrogen (secondary N) is 1. The van der Waals surface area contributed by atoms with Gasteiger partial charge in [0, 0.05) is 12.1 Å². The number of aryl methyl sites for hydroxylation is 1. The number of hydrazone groups is 1. The Kier molecular flexibility index (Phi) is 5.04. The number of nitro benzene ring substituents is 1. The van der Waals surface area contributed by atoms with Gasteiger partial charge in [-0.1, -0.05) is 30.3 Å². The molecule has 0 radical (unpaired) electrons. The maximum Gasteiger partial charge on any atom is 0.269 e. The maximum absolute atomic E-state index is 13.2. The highest BCUT2D eigenvalue weighted by molar-refractivity contribution is 5.81. The fraction of sp³-hybridized carbons (Fsp3) is 0.0455. The van der Waals surface area contributed by atoms with Crippen molar-refractivity contribution in [3.05, 3.63) is 104 Å². The van der Waals surface area contributed by atoms with Crippen LogP contribution in [-0.4, -0.2) is 20.7 Å². The van der Waals surface area contributed by atoms with E-state index in [1.54, 1.807) is 30.3 Å². The summed E-state index contributed by atoms with van der Waals surface area (Å²) in [4.78, 5) is 28.1. The molecular weight excluding hydrogens is 382 g/mol. The number of hydrogen-bond donors (Lipinski definition) is 1. The van der Waals surface area contributed by atoms with E-state index < -0.39 is 4.92 Å². The molecule has 0 saturated carbocycles. The fourth-order valence-corrected chi connectivity index (χ4v) is 3.09. The van der Waals surface area contributed by atoms with Crippen LogP contribution >= 0.6 is 0 Å². The number of anilines is 1. The summed E-state index contributed by atoms with van der Waals surface area (Å²) in [7, 11) is 0. The van der Waals surface area contributed by atoms with Crippen LogP contribution in [0.4, 0.5) is 11.6 Å². The molecule has 0 amide bonds. The molecule has 1 N–H and O–H groups in total. The van der Waals surface area contributed by atoms with E-state index in [1.807, 2.05) is 37.3 Å². The second-order valence-electron chi connectivity index (χ2n) is 6.60. The minimum atomic E-state index is -0.459. The molecule has 0 aliphatic rings. The molecule has 0 atom stereocenters. The summed E-state index contributed by atoms with van der Waals surface area (Å²) in [5, 5.41) is 15.5. The van der Waals surface area contributed by atoms with Gasteiger partial charge in [0.15, 0.2) is 0 Å². The number of rotatable bonds is 5. The summed E-state index contributed by atoms with van der Waals surface area (Å²) in [6.45, 7) is 1.92. The normalized spacial score (nSPS) is 11.1. The number of fused-ring (bicyclic) bond motifs is 1. The molecule has 3 aromatic carbocycles. The summed E-state index contributed by atoms with van der Waals surface area (Å²) in [5.41, 5.74) is 5.48. The highest BCUT2D eigenvalue weighted by atomic mass is 16.6. The Bertz CT molecular complexity index is 1330. The van der Waals surface area contributed by atoms with Crippen LogP contribution in [0.25, 0.3) is 16.6 Å². The van der Waals surface area contributed by atoms with Gasteiger partial charge in [-0.25, -0.2) is 15.0 Å². The minimum absolute atomic E-state index is 0.00435. The molecule has 30 heavy (non-hydrogen) atoms. The second kappa shape index (κ2) is 7.96. The van der Waals surface area contributed by atoms with Gasteiger partial charge in [0.25, 0.3) is 11.2 Å². The molecule has 0 bridgehead atoms. The lowest BCUT2D eigenvalue weighted by molar-refractivity contribution is -0.384. The van der Waals surface area contributed by atoms with E-state index in [1.165, 1.54) is 22.9 Å². The first kappa shape index (κ1) is 19.0. The smallest absolute Gasteiger partial charge is 0.268 e. The summed E-state index contributed by atoms with van der Waals surface area (Å²) in [5.74, 6) is 0.270. The predicted molar refractivity (Wildman–Crippen MR) is 116 cm³/mol. The maximum atomic E-state index is 13.2. The molecule has 1 heterocycles. The van der Waals surface area contributed by atoms with Gasteiger partial charge in [-0.05, 0) is 48.4 Å². The van der Waals surface area contributed by atoms with E-state index >= 15 is 0 Å². The number of aromatic nitrogens is 2. The van der Waals surface area contributed by atoms with Crippen molar-refractivity contribution in [2.45, 2.75) is 6.92 Å². The van der Waals surface area contributed by atoms with E-state index in [4.69, 9.17) is 0 Å². The molecular formula is C22H17N5O3. The summed E-state index contributed by atoms with van der Waals surface area (Å²) in [6.07, 6.45) is 1.51. The summed E-state index contributed by atoms with van der Waals surface area (Å²) in [6, 6.07) is 20.6. The van der Waals surface area contributed by atoms with Crippen molar-refractivity contribution in [3.8, 4) is 5.69 Å². The Labute approximate surface area is 171 Å². The van der Waals surface area contributed by atoms with Crippen LogP contribution < -0.4 is 11.0 Å². The zero-order chi connectivity index (χ0) is 21.1. The lowest BCUT2D eigenvalue weighted by atomic mass is 10.2. The molecule has 0 spiro atoms. The van der Waals surface area contributed by atoms with Crippen molar-refractivity contribution >= 4 is 28.8 Å². The molecule has 8 heteroatoms. The third kappa shape index (κ3) is 3.66. The lowest BCUT2D eigenvalue weighted by Crippen LogP contribution is -2.23. The molecule has 0 unspecified atom stereocenters. The van der Waals surface area contributed by atoms with E-state index in [0.717, 1.165) is 5.56 Å². The first-order valence-electron chi connectivity index (χ1n) is 9.16. The Hall–Kier alpha value is -4.33.